The predicted octanol–water partition coefficient (Wildman–Crippen LogP) is 1.36. The van der Waals surface area contributed by atoms with Gasteiger partial charge in [-0.25, -0.2) is 0 Å². The highest BCUT2D eigenvalue weighted by Crippen LogP contribution is 2.32. The number of benzene rings is 1. The second-order valence-corrected chi connectivity index (χ2v) is 4.08. The number of nitrogens with one attached hydrogen (secondary N) is 1. The van der Waals surface area contributed by atoms with Gasteiger partial charge >= 0.3 is 0 Å². The normalized spacial score (nSPS) is 10.5. The first-order chi connectivity index (χ1) is 9.58. The fourth-order valence-electron chi connectivity index (χ4n) is 1.86. The first kappa shape index (κ1) is 16.3. The monoisotopic (exact) mass is 283 g/mol. The molecule has 1 rings (SSSR count). The fraction of sp³-hybridized carbons (Fsp3) is 0.500. The number of carbonyl (C=O) groups excluding carboxylic acids is 1. The second-order valence-electron chi connectivity index (χ2n) is 4.08. The molecule has 0 spiro atoms. The molecule has 112 valence electrons. The average molecular weight is 283 g/mol. The molecule has 0 heterocycles. The van der Waals surface area contributed by atoms with E-state index in [0.29, 0.717) is 17.1 Å². The van der Waals surface area contributed by atoms with Gasteiger partial charge in [0.2, 0.25) is 0 Å². The Morgan fingerprint density at radius 2 is 1.80 bits per heavy atom. The number of ether oxygens (including phenoxy) is 4. The van der Waals surface area contributed by atoms with Crippen molar-refractivity contribution in [2.45, 2.75) is 13.2 Å². The van der Waals surface area contributed by atoms with Crippen LogP contribution in [-0.2, 0) is 9.47 Å². The van der Waals surface area contributed by atoms with Gasteiger partial charge in [-0.05, 0) is 19.1 Å². The summed E-state index contributed by atoms with van der Waals surface area (Å²) < 4.78 is 20.5. The van der Waals surface area contributed by atoms with Crippen molar-refractivity contribution in [3.63, 3.8) is 0 Å². The number of methoxy groups -OCH3 is 4. The van der Waals surface area contributed by atoms with Crippen LogP contribution in [-0.4, -0.2) is 47.2 Å². The van der Waals surface area contributed by atoms with Crippen molar-refractivity contribution in [3.8, 4) is 11.5 Å². The van der Waals surface area contributed by atoms with E-state index in [0.717, 1.165) is 5.56 Å². The van der Waals surface area contributed by atoms with Crippen LogP contribution in [0.25, 0.3) is 0 Å². The van der Waals surface area contributed by atoms with Crippen LogP contribution in [0.3, 0.4) is 0 Å². The zero-order valence-corrected chi connectivity index (χ0v) is 12.5. The summed E-state index contributed by atoms with van der Waals surface area (Å²) >= 11 is 0. The number of hydrogen-bond donors (Lipinski definition) is 1. The summed E-state index contributed by atoms with van der Waals surface area (Å²) in [6, 6.07) is 3.39. The largest absolute Gasteiger partial charge is 0.493 e. The van der Waals surface area contributed by atoms with E-state index in [1.165, 1.54) is 14.2 Å². The third-order valence-electron chi connectivity index (χ3n) is 2.99. The maximum Gasteiger partial charge on any atom is 0.251 e. The number of hydrogen-bond acceptors (Lipinski definition) is 5. The third kappa shape index (κ3) is 3.61. The molecule has 6 heteroatoms. The topological polar surface area (TPSA) is 66.0 Å². The van der Waals surface area contributed by atoms with Crippen molar-refractivity contribution in [2.24, 2.45) is 0 Å². The summed E-state index contributed by atoms with van der Waals surface area (Å²) in [6.45, 7) is 2.07. The average Bonchev–Trinajstić information content (AvgIpc) is 2.47. The number of amides is 1. The summed E-state index contributed by atoms with van der Waals surface area (Å²) in [5, 5.41) is 2.75. The lowest BCUT2D eigenvalue weighted by Gasteiger charge is -2.16. The Hall–Kier alpha value is -1.79. The Labute approximate surface area is 119 Å². The molecular formula is C14H21NO5. The molecular weight excluding hydrogens is 262 g/mol. The Balaban J connectivity index is 2.88. The molecule has 20 heavy (non-hydrogen) atoms. The summed E-state index contributed by atoms with van der Waals surface area (Å²) in [5.41, 5.74) is 1.24. The molecule has 1 N–H and O–H groups in total. The lowest BCUT2D eigenvalue weighted by Crippen LogP contribution is -2.34. The minimum atomic E-state index is -0.473. The van der Waals surface area contributed by atoms with Gasteiger partial charge in [0, 0.05) is 25.3 Å². The molecule has 0 aliphatic carbocycles. The second kappa shape index (κ2) is 7.72. The molecule has 0 saturated heterocycles. The Morgan fingerprint density at radius 3 is 2.30 bits per heavy atom. The highest BCUT2D eigenvalue weighted by atomic mass is 16.7. The van der Waals surface area contributed by atoms with E-state index in [1.54, 1.807) is 33.3 Å². The molecule has 0 atom stereocenters. The highest BCUT2D eigenvalue weighted by molar-refractivity contribution is 5.96. The van der Waals surface area contributed by atoms with Gasteiger partial charge in [0.05, 0.1) is 20.8 Å². The summed E-state index contributed by atoms with van der Waals surface area (Å²) in [6.07, 6.45) is -0.473. The van der Waals surface area contributed by atoms with E-state index in [-0.39, 0.29) is 12.5 Å². The van der Waals surface area contributed by atoms with Gasteiger partial charge in [-0.1, -0.05) is 0 Å². The molecule has 0 aromatic heterocycles. The molecule has 1 aromatic rings. The van der Waals surface area contributed by atoms with Crippen molar-refractivity contribution < 1.29 is 23.7 Å². The van der Waals surface area contributed by atoms with Gasteiger partial charge in [0.1, 0.15) is 0 Å². The van der Waals surface area contributed by atoms with Gasteiger partial charge in [-0.15, -0.1) is 0 Å². The van der Waals surface area contributed by atoms with Gasteiger partial charge in [-0.3, -0.25) is 4.79 Å². The maximum absolute atomic E-state index is 12.2. The molecule has 0 aliphatic heterocycles. The summed E-state index contributed by atoms with van der Waals surface area (Å²) in [4.78, 5) is 12.2. The van der Waals surface area contributed by atoms with Crippen LogP contribution in [0.15, 0.2) is 12.1 Å². The molecule has 0 saturated carbocycles. The zero-order chi connectivity index (χ0) is 15.1. The van der Waals surface area contributed by atoms with Crippen molar-refractivity contribution in [1.29, 1.82) is 0 Å². The van der Waals surface area contributed by atoms with Crippen molar-refractivity contribution in [3.05, 3.63) is 23.3 Å². The van der Waals surface area contributed by atoms with Crippen molar-refractivity contribution >= 4 is 5.91 Å². The van der Waals surface area contributed by atoms with Crippen molar-refractivity contribution in [1.82, 2.24) is 5.32 Å². The number of rotatable bonds is 7. The first-order valence-electron chi connectivity index (χ1n) is 6.14. The minimum Gasteiger partial charge on any atom is -0.493 e. The Morgan fingerprint density at radius 1 is 1.15 bits per heavy atom. The van der Waals surface area contributed by atoms with Crippen LogP contribution >= 0.6 is 0 Å². The van der Waals surface area contributed by atoms with E-state index >= 15 is 0 Å². The predicted molar refractivity (Wildman–Crippen MR) is 74.4 cm³/mol. The molecule has 0 fully saturated rings. The highest BCUT2D eigenvalue weighted by Gasteiger charge is 2.17. The Bertz CT molecular complexity index is 457. The molecule has 0 radical (unpaired) electrons. The van der Waals surface area contributed by atoms with E-state index in [9.17, 15) is 4.79 Å². The summed E-state index contributed by atoms with van der Waals surface area (Å²) in [7, 11) is 6.13. The van der Waals surface area contributed by atoms with Crippen LogP contribution < -0.4 is 14.8 Å². The van der Waals surface area contributed by atoms with Gasteiger partial charge in [0.25, 0.3) is 5.91 Å². The Kier molecular flexibility index (Phi) is 6.27. The SMILES string of the molecule is COc1ccc(C(=O)NCC(OC)OC)c(C)c1OC. The van der Waals surface area contributed by atoms with E-state index in [1.807, 2.05) is 0 Å². The number of carbonyl (C=O) groups is 1. The third-order valence-corrected chi connectivity index (χ3v) is 2.99. The van der Waals surface area contributed by atoms with Crippen molar-refractivity contribution in [2.75, 3.05) is 35.0 Å². The molecule has 6 nitrogen and oxygen atoms in total. The summed E-state index contributed by atoms with van der Waals surface area (Å²) in [5.74, 6) is 0.922. The standard InChI is InChI=1S/C14H21NO5/c1-9-10(6-7-11(17-2)13(9)20-5)14(16)15-8-12(18-3)19-4/h6-7,12H,8H2,1-5H3,(H,15,16). The molecule has 1 aromatic carbocycles. The van der Waals surface area contributed by atoms with Crippen LogP contribution in [0.1, 0.15) is 15.9 Å². The fourth-order valence-corrected chi connectivity index (χ4v) is 1.86. The molecule has 1 amide bonds. The van der Waals surface area contributed by atoms with Crippen LogP contribution in [0, 0.1) is 6.92 Å². The van der Waals surface area contributed by atoms with E-state index in [2.05, 4.69) is 5.32 Å². The quantitative estimate of drug-likeness (QED) is 0.765. The van der Waals surface area contributed by atoms with Crippen LogP contribution in [0.2, 0.25) is 0 Å². The smallest absolute Gasteiger partial charge is 0.251 e. The minimum absolute atomic E-state index is 0.220. The molecule has 0 unspecified atom stereocenters. The molecule has 0 aliphatic rings. The van der Waals surface area contributed by atoms with Gasteiger partial charge in [0.15, 0.2) is 17.8 Å². The lowest BCUT2D eigenvalue weighted by atomic mass is 10.1. The van der Waals surface area contributed by atoms with E-state index < -0.39 is 6.29 Å². The maximum atomic E-state index is 12.2. The van der Waals surface area contributed by atoms with E-state index in [4.69, 9.17) is 18.9 Å². The van der Waals surface area contributed by atoms with Gasteiger partial charge in [-0.2, -0.15) is 0 Å². The van der Waals surface area contributed by atoms with Crippen LogP contribution in [0.5, 0.6) is 11.5 Å². The molecule has 0 bridgehead atoms. The zero-order valence-electron chi connectivity index (χ0n) is 12.5. The van der Waals surface area contributed by atoms with Gasteiger partial charge < -0.3 is 24.3 Å². The first-order valence-corrected chi connectivity index (χ1v) is 6.14. The van der Waals surface area contributed by atoms with Crippen LogP contribution in [0.4, 0.5) is 0 Å². The lowest BCUT2D eigenvalue weighted by molar-refractivity contribution is -0.0974.